The van der Waals surface area contributed by atoms with Gasteiger partial charge in [0.15, 0.2) is 0 Å². The van der Waals surface area contributed by atoms with E-state index in [-0.39, 0.29) is 12.4 Å². The lowest BCUT2D eigenvalue weighted by Crippen LogP contribution is -2.39. The molecule has 1 aromatic carbocycles. The molecule has 0 amide bonds. The number of anilines is 1. The SMILES string of the molecule is CSc1ccccc1N1N=C2COC(C)(C)C=C2C(C#N)=C1N.Cl. The van der Waals surface area contributed by atoms with Gasteiger partial charge in [0.25, 0.3) is 0 Å². The zero-order valence-electron chi connectivity index (χ0n) is 13.7. The van der Waals surface area contributed by atoms with Gasteiger partial charge in [0.1, 0.15) is 17.5 Å². The second-order valence-corrected chi connectivity index (χ2v) is 6.70. The number of thioether (sulfide) groups is 1. The van der Waals surface area contributed by atoms with Gasteiger partial charge in [0.2, 0.25) is 0 Å². The zero-order valence-corrected chi connectivity index (χ0v) is 15.4. The van der Waals surface area contributed by atoms with Crippen molar-refractivity contribution in [1.82, 2.24) is 0 Å². The topological polar surface area (TPSA) is 74.6 Å². The Morgan fingerprint density at radius 1 is 1.38 bits per heavy atom. The average Bonchev–Trinajstić information content (AvgIpc) is 2.54. The molecule has 126 valence electrons. The molecule has 0 saturated carbocycles. The van der Waals surface area contributed by atoms with Gasteiger partial charge < -0.3 is 10.5 Å². The van der Waals surface area contributed by atoms with Crippen molar-refractivity contribution < 1.29 is 4.74 Å². The first-order chi connectivity index (χ1) is 11.0. The van der Waals surface area contributed by atoms with Crippen LogP contribution in [0.5, 0.6) is 0 Å². The second kappa shape index (κ2) is 6.89. The maximum atomic E-state index is 9.61. The number of halogens is 1. The Bertz CT molecular complexity index is 792. The summed E-state index contributed by atoms with van der Waals surface area (Å²) in [5.74, 6) is 0.349. The number of hydrogen-bond donors (Lipinski definition) is 1. The number of hydrogen-bond acceptors (Lipinski definition) is 6. The maximum absolute atomic E-state index is 9.61. The molecule has 0 radical (unpaired) electrons. The fourth-order valence-corrected chi connectivity index (χ4v) is 3.21. The van der Waals surface area contributed by atoms with Crippen LogP contribution in [0, 0.1) is 11.3 Å². The van der Waals surface area contributed by atoms with Crippen molar-refractivity contribution in [3.05, 3.63) is 47.3 Å². The molecule has 0 fully saturated rings. The van der Waals surface area contributed by atoms with Crippen molar-refractivity contribution in [3.8, 4) is 6.07 Å². The number of nitrogens with zero attached hydrogens (tertiary/aromatic N) is 3. The lowest BCUT2D eigenvalue weighted by atomic mass is 9.92. The van der Waals surface area contributed by atoms with Crippen LogP contribution >= 0.6 is 24.2 Å². The number of allylic oxidation sites excluding steroid dienone is 1. The van der Waals surface area contributed by atoms with Crippen molar-refractivity contribution in [1.29, 1.82) is 5.26 Å². The number of hydrazone groups is 1. The molecule has 2 aliphatic heterocycles. The van der Waals surface area contributed by atoms with E-state index >= 15 is 0 Å². The molecule has 0 saturated heterocycles. The van der Waals surface area contributed by atoms with Crippen LogP contribution in [0.1, 0.15) is 13.8 Å². The molecule has 3 rings (SSSR count). The molecule has 0 atom stereocenters. The van der Waals surface area contributed by atoms with E-state index < -0.39 is 5.60 Å². The number of nitrogens with two attached hydrogens (primary N) is 1. The number of nitriles is 1. The Morgan fingerprint density at radius 2 is 2.08 bits per heavy atom. The molecular weight excluding hydrogens is 344 g/mol. The van der Waals surface area contributed by atoms with Gasteiger partial charge in [0, 0.05) is 10.5 Å². The Balaban J connectivity index is 0.00000208. The van der Waals surface area contributed by atoms with Gasteiger partial charge in [-0.3, -0.25) is 0 Å². The molecule has 0 aromatic heterocycles. The van der Waals surface area contributed by atoms with Gasteiger partial charge in [-0.1, -0.05) is 12.1 Å². The zero-order chi connectivity index (χ0) is 16.6. The summed E-state index contributed by atoms with van der Waals surface area (Å²) in [4.78, 5) is 1.04. The minimum atomic E-state index is -0.434. The minimum absolute atomic E-state index is 0. The largest absolute Gasteiger partial charge is 0.383 e. The summed E-state index contributed by atoms with van der Waals surface area (Å²) in [6, 6.07) is 10.1. The number of fused-ring (bicyclic) bond motifs is 1. The normalized spacial score (nSPS) is 18.8. The third-order valence-corrected chi connectivity index (χ3v) is 4.57. The van der Waals surface area contributed by atoms with Crippen molar-refractivity contribution in [2.75, 3.05) is 17.9 Å². The predicted molar refractivity (Wildman–Crippen MR) is 100 cm³/mol. The van der Waals surface area contributed by atoms with Crippen molar-refractivity contribution in [2.45, 2.75) is 24.3 Å². The van der Waals surface area contributed by atoms with E-state index in [2.05, 4.69) is 11.2 Å². The summed E-state index contributed by atoms with van der Waals surface area (Å²) in [6.45, 7) is 4.27. The standard InChI is InChI=1S/C17H18N4OS.ClH/c1-17(2)8-11-12(9-18)16(19)21(20-13(11)10-22-17)14-6-4-5-7-15(14)23-3;/h4-8H,10,19H2,1-3H3;1H. The first-order valence-electron chi connectivity index (χ1n) is 7.25. The highest BCUT2D eigenvalue weighted by molar-refractivity contribution is 7.98. The molecule has 5 nitrogen and oxygen atoms in total. The molecule has 2 aliphatic rings. The fraction of sp³-hybridized carbons (Fsp3) is 0.294. The van der Waals surface area contributed by atoms with Gasteiger partial charge in [-0.2, -0.15) is 10.4 Å². The van der Waals surface area contributed by atoms with Gasteiger partial charge in [-0.25, -0.2) is 5.01 Å². The number of para-hydroxylation sites is 1. The summed E-state index contributed by atoms with van der Waals surface area (Å²) < 4.78 is 5.79. The molecule has 24 heavy (non-hydrogen) atoms. The molecule has 0 aliphatic carbocycles. The molecule has 2 heterocycles. The lowest BCUT2D eigenvalue weighted by Gasteiger charge is -2.34. The first-order valence-corrected chi connectivity index (χ1v) is 8.47. The molecule has 0 bridgehead atoms. The predicted octanol–water partition coefficient (Wildman–Crippen LogP) is 3.44. The molecule has 0 unspecified atom stereocenters. The molecule has 2 N–H and O–H groups in total. The van der Waals surface area contributed by atoms with Crippen LogP contribution < -0.4 is 10.7 Å². The van der Waals surface area contributed by atoms with Crippen LogP contribution in [0.25, 0.3) is 0 Å². The van der Waals surface area contributed by atoms with Crippen molar-refractivity contribution in [2.24, 2.45) is 10.8 Å². The highest BCUT2D eigenvalue weighted by Crippen LogP contribution is 2.36. The van der Waals surface area contributed by atoms with Crippen LogP contribution in [0.15, 0.2) is 57.3 Å². The lowest BCUT2D eigenvalue weighted by molar-refractivity contribution is 0.0409. The van der Waals surface area contributed by atoms with Gasteiger partial charge in [-0.05, 0) is 38.3 Å². The van der Waals surface area contributed by atoms with Crippen molar-refractivity contribution in [3.63, 3.8) is 0 Å². The van der Waals surface area contributed by atoms with Crippen LogP contribution in [0.3, 0.4) is 0 Å². The molecular formula is C17H19ClN4OS. The Morgan fingerprint density at radius 3 is 2.75 bits per heavy atom. The summed E-state index contributed by atoms with van der Waals surface area (Å²) >= 11 is 1.61. The van der Waals surface area contributed by atoms with E-state index in [1.54, 1.807) is 16.8 Å². The van der Waals surface area contributed by atoms with Gasteiger partial charge >= 0.3 is 0 Å². The maximum Gasteiger partial charge on any atom is 0.144 e. The monoisotopic (exact) mass is 362 g/mol. The number of rotatable bonds is 2. The average molecular weight is 363 g/mol. The number of benzene rings is 1. The third kappa shape index (κ3) is 3.16. The summed E-state index contributed by atoms with van der Waals surface area (Å²) in [5.41, 5.74) is 8.65. The summed E-state index contributed by atoms with van der Waals surface area (Å²) in [6.07, 6.45) is 3.91. The highest BCUT2D eigenvalue weighted by atomic mass is 35.5. The Kier molecular flexibility index (Phi) is 5.29. The summed E-state index contributed by atoms with van der Waals surface area (Å²) in [7, 11) is 0. The Hall–Kier alpha value is -1.94. The first kappa shape index (κ1) is 18.4. The van der Waals surface area contributed by atoms with Crippen LogP contribution in [0.2, 0.25) is 0 Å². The van der Waals surface area contributed by atoms with Crippen molar-refractivity contribution >= 4 is 35.6 Å². The van der Waals surface area contributed by atoms with E-state index in [1.807, 2.05) is 50.4 Å². The van der Waals surface area contributed by atoms with E-state index in [0.717, 1.165) is 21.9 Å². The Labute approximate surface area is 152 Å². The second-order valence-electron chi connectivity index (χ2n) is 5.85. The fourth-order valence-electron chi connectivity index (χ4n) is 2.63. The van der Waals surface area contributed by atoms with Gasteiger partial charge in [0.05, 0.1) is 23.6 Å². The molecule has 7 heteroatoms. The van der Waals surface area contributed by atoms with E-state index in [0.29, 0.717) is 18.0 Å². The van der Waals surface area contributed by atoms with Crippen LogP contribution in [-0.2, 0) is 4.74 Å². The highest BCUT2D eigenvalue weighted by Gasteiger charge is 2.33. The number of ether oxygens (including phenoxy) is 1. The van der Waals surface area contributed by atoms with E-state index in [9.17, 15) is 5.26 Å². The van der Waals surface area contributed by atoms with Crippen LogP contribution in [0.4, 0.5) is 5.69 Å². The van der Waals surface area contributed by atoms with E-state index in [4.69, 9.17) is 10.5 Å². The minimum Gasteiger partial charge on any atom is -0.383 e. The van der Waals surface area contributed by atoms with E-state index in [1.165, 1.54) is 0 Å². The smallest absolute Gasteiger partial charge is 0.144 e. The quantitative estimate of drug-likeness (QED) is 0.816. The van der Waals surface area contributed by atoms with Crippen LogP contribution in [-0.4, -0.2) is 24.2 Å². The third-order valence-electron chi connectivity index (χ3n) is 3.78. The molecule has 0 spiro atoms. The summed E-state index contributed by atoms with van der Waals surface area (Å²) in [5, 5.41) is 15.9. The molecule has 1 aromatic rings. The van der Waals surface area contributed by atoms with Gasteiger partial charge in [-0.15, -0.1) is 24.2 Å².